The van der Waals surface area contributed by atoms with E-state index in [2.05, 4.69) is 32.1 Å². The SMILES string of the molecule is C[C@@H]1CCCN1C(=O)C[C@@H]1CCC[C@H](Cc2nc(-c3[nH]nc4ncccc34)ncc2F)C1. The molecule has 3 aromatic heterocycles. The Morgan fingerprint density at radius 2 is 2.09 bits per heavy atom. The highest BCUT2D eigenvalue weighted by Crippen LogP contribution is 2.34. The summed E-state index contributed by atoms with van der Waals surface area (Å²) < 4.78 is 14.6. The Kier molecular flexibility index (Phi) is 5.85. The number of rotatable bonds is 5. The first-order chi connectivity index (χ1) is 15.6. The van der Waals surface area contributed by atoms with Crippen molar-refractivity contribution in [3.05, 3.63) is 36.0 Å². The highest BCUT2D eigenvalue weighted by atomic mass is 19.1. The Bertz CT molecular complexity index is 1110. The number of carbonyl (C=O) groups is 1. The number of fused-ring (bicyclic) bond motifs is 1. The number of halogens is 1. The lowest BCUT2D eigenvalue weighted by atomic mass is 9.77. The van der Waals surface area contributed by atoms with Gasteiger partial charge in [0.1, 0.15) is 5.69 Å². The molecule has 1 aliphatic heterocycles. The molecule has 8 heteroatoms. The maximum atomic E-state index is 14.6. The maximum Gasteiger partial charge on any atom is 0.223 e. The number of amides is 1. The fourth-order valence-corrected chi connectivity index (χ4v) is 5.40. The third-order valence-corrected chi connectivity index (χ3v) is 7.08. The molecule has 1 saturated heterocycles. The number of aromatic nitrogens is 5. The van der Waals surface area contributed by atoms with E-state index in [4.69, 9.17) is 0 Å². The molecular weight excluding hydrogens is 407 g/mol. The van der Waals surface area contributed by atoms with Gasteiger partial charge in [-0.25, -0.2) is 19.3 Å². The molecule has 0 aromatic carbocycles. The first kappa shape index (κ1) is 21.0. The number of nitrogens with zero attached hydrogens (tertiary/aromatic N) is 5. The lowest BCUT2D eigenvalue weighted by Gasteiger charge is -2.31. The summed E-state index contributed by atoms with van der Waals surface area (Å²) in [6.07, 6.45) is 10.5. The van der Waals surface area contributed by atoms with Crippen molar-refractivity contribution in [2.24, 2.45) is 11.8 Å². The van der Waals surface area contributed by atoms with E-state index >= 15 is 0 Å². The van der Waals surface area contributed by atoms with Gasteiger partial charge < -0.3 is 4.90 Å². The maximum absolute atomic E-state index is 14.6. The van der Waals surface area contributed by atoms with E-state index in [0.717, 1.165) is 50.5 Å². The lowest BCUT2D eigenvalue weighted by Crippen LogP contribution is -2.35. The number of likely N-dealkylation sites (tertiary alicyclic amines) is 1. The molecule has 0 radical (unpaired) electrons. The largest absolute Gasteiger partial charge is 0.340 e. The van der Waals surface area contributed by atoms with Gasteiger partial charge in [-0.05, 0) is 63.0 Å². The standard InChI is InChI=1S/C24H29FN6O/c1-15-5-4-10-31(15)21(32)13-17-7-2-6-16(11-17)12-20-19(25)14-27-24(28-20)22-18-8-3-9-26-23(18)30-29-22/h3,8-9,14-17H,2,4-7,10-13H2,1H3,(H,26,29,30)/t15-,16+,17-/m1/s1. The van der Waals surface area contributed by atoms with Crippen LogP contribution in [0.5, 0.6) is 0 Å². The minimum absolute atomic E-state index is 0.288. The Labute approximate surface area is 186 Å². The van der Waals surface area contributed by atoms with Crippen molar-refractivity contribution < 1.29 is 9.18 Å². The predicted molar refractivity (Wildman–Crippen MR) is 119 cm³/mol. The minimum Gasteiger partial charge on any atom is -0.340 e. The van der Waals surface area contributed by atoms with E-state index in [9.17, 15) is 9.18 Å². The fraction of sp³-hybridized carbons (Fsp3) is 0.542. The number of hydrogen-bond donors (Lipinski definition) is 1. The molecule has 168 valence electrons. The minimum atomic E-state index is -0.375. The van der Waals surface area contributed by atoms with Gasteiger partial charge in [0.2, 0.25) is 5.91 Å². The number of hydrogen-bond acceptors (Lipinski definition) is 5. The van der Waals surface area contributed by atoms with Crippen LogP contribution in [-0.4, -0.2) is 48.5 Å². The average Bonchev–Trinajstić information content (AvgIpc) is 3.42. The van der Waals surface area contributed by atoms with Crippen molar-refractivity contribution in [3.8, 4) is 11.5 Å². The first-order valence-corrected chi connectivity index (χ1v) is 11.7. The molecule has 32 heavy (non-hydrogen) atoms. The topological polar surface area (TPSA) is 87.7 Å². The van der Waals surface area contributed by atoms with Crippen LogP contribution in [0.4, 0.5) is 4.39 Å². The van der Waals surface area contributed by atoms with Crippen LogP contribution < -0.4 is 0 Å². The molecule has 5 rings (SSSR count). The van der Waals surface area contributed by atoms with Crippen LogP contribution in [0.3, 0.4) is 0 Å². The summed E-state index contributed by atoms with van der Waals surface area (Å²) in [5.74, 6) is 1.05. The smallest absolute Gasteiger partial charge is 0.223 e. The Hall–Kier alpha value is -2.90. The summed E-state index contributed by atoms with van der Waals surface area (Å²) >= 11 is 0. The van der Waals surface area contributed by atoms with E-state index in [-0.39, 0.29) is 11.7 Å². The van der Waals surface area contributed by atoms with Crippen LogP contribution in [0.1, 0.15) is 57.6 Å². The van der Waals surface area contributed by atoms with Crippen LogP contribution in [-0.2, 0) is 11.2 Å². The van der Waals surface area contributed by atoms with Gasteiger partial charge >= 0.3 is 0 Å². The molecule has 0 bridgehead atoms. The van der Waals surface area contributed by atoms with E-state index in [1.807, 2.05) is 17.0 Å². The van der Waals surface area contributed by atoms with Crippen molar-refractivity contribution in [1.29, 1.82) is 0 Å². The van der Waals surface area contributed by atoms with Gasteiger partial charge in [-0.15, -0.1) is 0 Å². The second kappa shape index (κ2) is 8.92. The van der Waals surface area contributed by atoms with Gasteiger partial charge in [0.05, 0.1) is 11.9 Å². The monoisotopic (exact) mass is 436 g/mol. The van der Waals surface area contributed by atoms with Gasteiger partial charge in [-0.2, -0.15) is 5.10 Å². The highest BCUT2D eigenvalue weighted by Gasteiger charge is 2.30. The van der Waals surface area contributed by atoms with Crippen LogP contribution in [0, 0.1) is 17.7 Å². The first-order valence-electron chi connectivity index (χ1n) is 11.7. The summed E-state index contributed by atoms with van der Waals surface area (Å²) in [7, 11) is 0. The van der Waals surface area contributed by atoms with Gasteiger partial charge in [0.15, 0.2) is 17.3 Å². The van der Waals surface area contributed by atoms with E-state index < -0.39 is 0 Å². The van der Waals surface area contributed by atoms with Gasteiger partial charge in [0, 0.05) is 30.6 Å². The van der Waals surface area contributed by atoms with Crippen molar-refractivity contribution in [1.82, 2.24) is 30.0 Å². The zero-order valence-corrected chi connectivity index (χ0v) is 18.4. The Balaban J connectivity index is 1.28. The molecule has 2 aliphatic rings. The van der Waals surface area contributed by atoms with Gasteiger partial charge in [0.25, 0.3) is 0 Å². The summed E-state index contributed by atoms with van der Waals surface area (Å²) in [4.78, 5) is 27.8. The summed E-state index contributed by atoms with van der Waals surface area (Å²) in [5, 5.41) is 7.95. The molecule has 3 aromatic rings. The third kappa shape index (κ3) is 4.23. The molecule has 0 spiro atoms. The van der Waals surface area contributed by atoms with Gasteiger partial charge in [-0.1, -0.05) is 12.8 Å². The van der Waals surface area contributed by atoms with Crippen molar-refractivity contribution in [3.63, 3.8) is 0 Å². The fourth-order valence-electron chi connectivity index (χ4n) is 5.40. The molecule has 1 amide bonds. The summed E-state index contributed by atoms with van der Waals surface area (Å²) in [5.41, 5.74) is 1.68. The summed E-state index contributed by atoms with van der Waals surface area (Å²) in [6.45, 7) is 3.03. The van der Waals surface area contributed by atoms with Crippen LogP contribution in [0.15, 0.2) is 24.5 Å². The molecule has 1 N–H and O–H groups in total. The van der Waals surface area contributed by atoms with Gasteiger partial charge in [-0.3, -0.25) is 9.89 Å². The van der Waals surface area contributed by atoms with E-state index in [0.29, 0.717) is 53.6 Å². The molecule has 4 heterocycles. The third-order valence-electron chi connectivity index (χ3n) is 7.08. The number of aromatic amines is 1. The second-order valence-corrected chi connectivity index (χ2v) is 9.35. The number of nitrogens with one attached hydrogen (secondary N) is 1. The van der Waals surface area contributed by atoms with Crippen LogP contribution >= 0.6 is 0 Å². The quantitative estimate of drug-likeness (QED) is 0.644. The van der Waals surface area contributed by atoms with Crippen LogP contribution in [0.2, 0.25) is 0 Å². The molecule has 7 nitrogen and oxygen atoms in total. The van der Waals surface area contributed by atoms with Crippen LogP contribution in [0.25, 0.3) is 22.6 Å². The van der Waals surface area contributed by atoms with E-state index in [1.165, 1.54) is 6.20 Å². The molecule has 1 saturated carbocycles. The zero-order chi connectivity index (χ0) is 22.1. The van der Waals surface area contributed by atoms with E-state index in [1.54, 1.807) is 6.20 Å². The Morgan fingerprint density at radius 1 is 1.22 bits per heavy atom. The number of carbonyl (C=O) groups excluding carboxylic acids is 1. The predicted octanol–water partition coefficient (Wildman–Crippen LogP) is 4.30. The second-order valence-electron chi connectivity index (χ2n) is 9.35. The zero-order valence-electron chi connectivity index (χ0n) is 18.4. The van der Waals surface area contributed by atoms with Crippen molar-refractivity contribution >= 4 is 16.9 Å². The molecule has 3 atom stereocenters. The lowest BCUT2D eigenvalue weighted by molar-refractivity contribution is -0.133. The average molecular weight is 437 g/mol. The van der Waals surface area contributed by atoms with Crippen molar-refractivity contribution in [2.75, 3.05) is 6.54 Å². The molecule has 1 aliphatic carbocycles. The molecular formula is C24H29FN6O. The normalized spacial score (nSPS) is 23.7. The highest BCUT2D eigenvalue weighted by molar-refractivity contribution is 5.88. The number of H-pyrrole nitrogens is 1. The number of pyridine rings is 1. The summed E-state index contributed by atoms with van der Waals surface area (Å²) in [6, 6.07) is 4.10. The Morgan fingerprint density at radius 3 is 2.94 bits per heavy atom. The van der Waals surface area contributed by atoms with Crippen molar-refractivity contribution in [2.45, 2.75) is 64.3 Å². The molecule has 2 fully saturated rings. The molecule has 0 unspecified atom stereocenters.